The molecule has 0 saturated carbocycles. The molecule has 0 atom stereocenters. The molecule has 0 fully saturated rings. The van der Waals surface area contributed by atoms with Crippen LogP contribution in [0.25, 0.3) is 0 Å². The van der Waals surface area contributed by atoms with Gasteiger partial charge in [0.15, 0.2) is 12.4 Å². The molecule has 1 rings (SSSR count). The minimum Gasteiger partial charge on any atom is -0.489 e. The Hall–Kier alpha value is -1.80. The molecule has 1 N–H and O–H groups in total. The molecule has 0 aliphatic heterocycles. The fourth-order valence-electron chi connectivity index (χ4n) is 1.24. The van der Waals surface area contributed by atoms with Crippen molar-refractivity contribution in [3.63, 3.8) is 0 Å². The SMILES string of the molecule is CCCNc1ncnc(OCC(F)(F)C(F)F)c1OC. The summed E-state index contributed by atoms with van der Waals surface area (Å²) < 4.78 is 59.2. The van der Waals surface area contributed by atoms with Crippen molar-refractivity contribution in [3.05, 3.63) is 6.33 Å². The van der Waals surface area contributed by atoms with Gasteiger partial charge in [-0.15, -0.1) is 0 Å². The highest BCUT2D eigenvalue weighted by molar-refractivity contribution is 5.54. The molecule has 0 bridgehead atoms. The second-order valence-corrected chi connectivity index (χ2v) is 3.84. The van der Waals surface area contributed by atoms with Gasteiger partial charge in [0.2, 0.25) is 5.75 Å². The smallest absolute Gasteiger partial charge is 0.340 e. The number of methoxy groups -OCH3 is 1. The average molecular weight is 297 g/mol. The van der Waals surface area contributed by atoms with E-state index in [9.17, 15) is 17.6 Å². The van der Waals surface area contributed by atoms with Crippen LogP contribution in [-0.4, -0.2) is 42.6 Å². The molecule has 0 unspecified atom stereocenters. The molecule has 0 saturated heterocycles. The first-order valence-electron chi connectivity index (χ1n) is 5.84. The number of anilines is 1. The zero-order chi connectivity index (χ0) is 15.2. The summed E-state index contributed by atoms with van der Waals surface area (Å²) in [5.41, 5.74) is 0. The number of nitrogens with zero attached hydrogens (tertiary/aromatic N) is 2. The fourth-order valence-corrected chi connectivity index (χ4v) is 1.24. The third-order valence-corrected chi connectivity index (χ3v) is 2.24. The molecule has 0 aliphatic rings. The summed E-state index contributed by atoms with van der Waals surface area (Å²) in [6, 6.07) is 0. The van der Waals surface area contributed by atoms with Crippen LogP contribution in [0.4, 0.5) is 23.4 Å². The number of ether oxygens (including phenoxy) is 2. The maximum absolute atomic E-state index is 12.8. The van der Waals surface area contributed by atoms with Gasteiger partial charge in [0.05, 0.1) is 7.11 Å². The van der Waals surface area contributed by atoms with Crippen molar-refractivity contribution in [2.75, 3.05) is 25.6 Å². The molecular formula is C11H15F4N3O2. The van der Waals surface area contributed by atoms with Crippen molar-refractivity contribution in [1.82, 2.24) is 9.97 Å². The second kappa shape index (κ2) is 7.11. The van der Waals surface area contributed by atoms with E-state index in [0.29, 0.717) is 6.54 Å². The normalized spacial score (nSPS) is 11.6. The van der Waals surface area contributed by atoms with Crippen LogP contribution in [0.3, 0.4) is 0 Å². The lowest BCUT2D eigenvalue weighted by Gasteiger charge is -2.17. The molecule has 5 nitrogen and oxygen atoms in total. The van der Waals surface area contributed by atoms with Crippen LogP contribution >= 0.6 is 0 Å². The molecule has 0 radical (unpaired) electrons. The van der Waals surface area contributed by atoms with Crippen LogP contribution in [-0.2, 0) is 0 Å². The lowest BCUT2D eigenvalue weighted by Crippen LogP contribution is -2.34. The monoisotopic (exact) mass is 297 g/mol. The Bertz CT molecular complexity index is 432. The largest absolute Gasteiger partial charge is 0.489 e. The topological polar surface area (TPSA) is 56.3 Å². The number of aromatic nitrogens is 2. The van der Waals surface area contributed by atoms with E-state index in [-0.39, 0.29) is 17.4 Å². The highest BCUT2D eigenvalue weighted by Crippen LogP contribution is 2.32. The molecule has 9 heteroatoms. The van der Waals surface area contributed by atoms with E-state index >= 15 is 0 Å². The first kappa shape index (κ1) is 16.3. The van der Waals surface area contributed by atoms with E-state index in [2.05, 4.69) is 20.0 Å². The van der Waals surface area contributed by atoms with Crippen molar-refractivity contribution in [1.29, 1.82) is 0 Å². The standard InChI is InChI=1S/C11H15F4N3O2/c1-3-4-16-8-7(19-2)9(18-6-17-8)20-5-11(14,15)10(12)13/h6,10H,3-5H2,1-2H3,(H,16,17,18). The molecule has 1 aromatic rings. The number of nitrogens with one attached hydrogen (secondary N) is 1. The summed E-state index contributed by atoms with van der Waals surface area (Å²) in [5, 5.41) is 2.88. The predicted molar refractivity (Wildman–Crippen MR) is 63.8 cm³/mol. The van der Waals surface area contributed by atoms with Gasteiger partial charge in [-0.3, -0.25) is 0 Å². The molecule has 0 aliphatic carbocycles. The Morgan fingerprint density at radius 3 is 2.60 bits per heavy atom. The van der Waals surface area contributed by atoms with Crippen LogP contribution in [0.15, 0.2) is 6.33 Å². The van der Waals surface area contributed by atoms with Gasteiger partial charge in [-0.05, 0) is 6.42 Å². The molecule has 1 aromatic heterocycles. The summed E-state index contributed by atoms with van der Waals surface area (Å²) >= 11 is 0. The van der Waals surface area contributed by atoms with Crippen LogP contribution in [0.2, 0.25) is 0 Å². The third-order valence-electron chi connectivity index (χ3n) is 2.24. The quantitative estimate of drug-likeness (QED) is 0.747. The lowest BCUT2D eigenvalue weighted by atomic mass is 10.4. The molecule has 0 spiro atoms. The third kappa shape index (κ3) is 4.10. The molecule has 20 heavy (non-hydrogen) atoms. The van der Waals surface area contributed by atoms with E-state index in [4.69, 9.17) is 4.74 Å². The van der Waals surface area contributed by atoms with Crippen molar-refractivity contribution < 1.29 is 27.0 Å². The van der Waals surface area contributed by atoms with Gasteiger partial charge in [-0.2, -0.15) is 13.8 Å². The van der Waals surface area contributed by atoms with E-state index in [1.165, 1.54) is 7.11 Å². The Kier molecular flexibility index (Phi) is 5.78. The Labute approximate surface area is 113 Å². The van der Waals surface area contributed by atoms with Crippen LogP contribution in [0.5, 0.6) is 11.6 Å². The minimum absolute atomic E-state index is 0.00832. The number of halogens is 4. The summed E-state index contributed by atoms with van der Waals surface area (Å²) in [4.78, 5) is 7.47. The van der Waals surface area contributed by atoms with E-state index < -0.39 is 19.0 Å². The van der Waals surface area contributed by atoms with E-state index in [1.807, 2.05) is 6.92 Å². The Morgan fingerprint density at radius 1 is 1.35 bits per heavy atom. The minimum atomic E-state index is -4.26. The zero-order valence-electron chi connectivity index (χ0n) is 11.0. The van der Waals surface area contributed by atoms with Gasteiger partial charge in [-0.25, -0.2) is 13.8 Å². The zero-order valence-corrected chi connectivity index (χ0v) is 11.0. The van der Waals surface area contributed by atoms with Gasteiger partial charge in [0.1, 0.15) is 6.33 Å². The second-order valence-electron chi connectivity index (χ2n) is 3.84. The van der Waals surface area contributed by atoms with Gasteiger partial charge in [-0.1, -0.05) is 6.92 Å². The van der Waals surface area contributed by atoms with Gasteiger partial charge < -0.3 is 14.8 Å². The van der Waals surface area contributed by atoms with E-state index in [1.54, 1.807) is 0 Å². The maximum Gasteiger partial charge on any atom is 0.340 e. The number of rotatable bonds is 8. The molecule has 114 valence electrons. The van der Waals surface area contributed by atoms with Gasteiger partial charge >= 0.3 is 12.3 Å². The fraction of sp³-hybridized carbons (Fsp3) is 0.636. The number of hydrogen-bond acceptors (Lipinski definition) is 5. The predicted octanol–water partition coefficient (Wildman–Crippen LogP) is 2.59. The number of hydrogen-bond donors (Lipinski definition) is 1. The van der Waals surface area contributed by atoms with Crippen molar-refractivity contribution >= 4 is 5.82 Å². The lowest BCUT2D eigenvalue weighted by molar-refractivity contribution is -0.148. The van der Waals surface area contributed by atoms with Crippen LogP contribution in [0, 0.1) is 0 Å². The maximum atomic E-state index is 12.8. The highest BCUT2D eigenvalue weighted by Gasteiger charge is 2.42. The molecule has 1 heterocycles. The van der Waals surface area contributed by atoms with Crippen molar-refractivity contribution in [2.45, 2.75) is 25.7 Å². The Balaban J connectivity index is 2.84. The Morgan fingerprint density at radius 2 is 2.05 bits per heavy atom. The van der Waals surface area contributed by atoms with Gasteiger partial charge in [0.25, 0.3) is 5.88 Å². The summed E-state index contributed by atoms with van der Waals surface area (Å²) in [6.45, 7) is 0.993. The van der Waals surface area contributed by atoms with Gasteiger partial charge in [0, 0.05) is 6.54 Å². The summed E-state index contributed by atoms with van der Waals surface area (Å²) in [5.74, 6) is -4.33. The first-order valence-corrected chi connectivity index (χ1v) is 5.84. The van der Waals surface area contributed by atoms with Crippen molar-refractivity contribution in [2.24, 2.45) is 0 Å². The molecular weight excluding hydrogens is 282 g/mol. The van der Waals surface area contributed by atoms with Crippen LogP contribution in [0.1, 0.15) is 13.3 Å². The van der Waals surface area contributed by atoms with Crippen molar-refractivity contribution in [3.8, 4) is 11.6 Å². The number of alkyl halides is 4. The summed E-state index contributed by atoms with van der Waals surface area (Å²) in [7, 11) is 1.27. The first-order chi connectivity index (χ1) is 9.42. The summed E-state index contributed by atoms with van der Waals surface area (Å²) in [6.07, 6.45) is -1.95. The van der Waals surface area contributed by atoms with E-state index in [0.717, 1.165) is 12.7 Å². The molecule has 0 amide bonds. The average Bonchev–Trinajstić information content (AvgIpc) is 2.42. The van der Waals surface area contributed by atoms with Crippen LogP contribution < -0.4 is 14.8 Å². The molecule has 0 aromatic carbocycles. The highest BCUT2D eigenvalue weighted by atomic mass is 19.3.